The van der Waals surface area contributed by atoms with Gasteiger partial charge in [-0.15, -0.1) is 0 Å². The maximum Gasteiger partial charge on any atom is 0.255 e. The Labute approximate surface area is 172 Å². The molecule has 0 saturated carbocycles. The second-order valence-corrected chi connectivity index (χ2v) is 7.82. The Bertz CT molecular complexity index is 1260. The molecule has 0 spiro atoms. The number of hydrogen-bond donors (Lipinski definition) is 1. The van der Waals surface area contributed by atoms with Gasteiger partial charge < -0.3 is 9.55 Å². The van der Waals surface area contributed by atoms with Gasteiger partial charge in [-0.05, 0) is 36.4 Å². The lowest BCUT2D eigenvalue weighted by Gasteiger charge is -2.27. The highest BCUT2D eigenvalue weighted by atomic mass is 35.5. The molecule has 146 valence electrons. The fourth-order valence-electron chi connectivity index (χ4n) is 3.90. The summed E-state index contributed by atoms with van der Waals surface area (Å²) in [5, 5.41) is 0.659. The number of imidazole rings is 1. The van der Waals surface area contributed by atoms with Crippen LogP contribution >= 0.6 is 11.6 Å². The van der Waals surface area contributed by atoms with Crippen LogP contribution in [0.3, 0.4) is 0 Å². The van der Waals surface area contributed by atoms with E-state index in [-0.39, 0.29) is 5.56 Å². The smallest absolute Gasteiger partial charge is 0.255 e. The molecule has 2 aromatic heterocycles. The summed E-state index contributed by atoms with van der Waals surface area (Å²) < 4.78 is 2.12. The zero-order valence-electron chi connectivity index (χ0n) is 16.0. The second kappa shape index (κ2) is 7.13. The predicted molar refractivity (Wildman–Crippen MR) is 114 cm³/mol. The van der Waals surface area contributed by atoms with E-state index in [1.807, 2.05) is 37.4 Å². The summed E-state index contributed by atoms with van der Waals surface area (Å²) in [7, 11) is 2.04. The van der Waals surface area contributed by atoms with Crippen molar-refractivity contribution in [1.82, 2.24) is 24.4 Å². The summed E-state index contributed by atoms with van der Waals surface area (Å²) in [5.74, 6) is 1.59. The number of aromatic amines is 1. The third kappa shape index (κ3) is 3.34. The van der Waals surface area contributed by atoms with Gasteiger partial charge in [0.15, 0.2) is 0 Å². The van der Waals surface area contributed by atoms with Crippen LogP contribution in [0.5, 0.6) is 0 Å². The summed E-state index contributed by atoms with van der Waals surface area (Å²) in [6.45, 7) is 2.11. The van der Waals surface area contributed by atoms with Gasteiger partial charge in [-0.3, -0.25) is 9.69 Å². The first-order valence-electron chi connectivity index (χ1n) is 9.59. The zero-order valence-corrected chi connectivity index (χ0v) is 16.8. The topological polar surface area (TPSA) is 66.8 Å². The highest BCUT2D eigenvalue weighted by Crippen LogP contribution is 2.22. The average Bonchev–Trinajstić information content (AvgIpc) is 3.04. The molecule has 0 amide bonds. The van der Waals surface area contributed by atoms with Crippen LogP contribution in [0.4, 0.5) is 0 Å². The quantitative estimate of drug-likeness (QED) is 0.566. The highest BCUT2D eigenvalue weighted by Gasteiger charge is 2.23. The third-order valence-electron chi connectivity index (χ3n) is 5.51. The second-order valence-electron chi connectivity index (χ2n) is 7.38. The van der Waals surface area contributed by atoms with Crippen molar-refractivity contribution in [3.63, 3.8) is 0 Å². The number of halogens is 1. The molecule has 0 aliphatic carbocycles. The number of hydrogen-bond acceptors (Lipinski definition) is 4. The van der Waals surface area contributed by atoms with Crippen LogP contribution < -0.4 is 5.56 Å². The molecular weight excluding hydrogens is 386 g/mol. The van der Waals surface area contributed by atoms with Crippen molar-refractivity contribution in [2.75, 3.05) is 6.54 Å². The Kier molecular flexibility index (Phi) is 4.45. The number of benzene rings is 2. The van der Waals surface area contributed by atoms with Gasteiger partial charge in [0.2, 0.25) is 0 Å². The van der Waals surface area contributed by atoms with Gasteiger partial charge in [0.25, 0.3) is 5.56 Å². The lowest BCUT2D eigenvalue weighted by Crippen LogP contribution is -2.36. The average molecular weight is 406 g/mol. The molecular formula is C22H20ClN5O. The van der Waals surface area contributed by atoms with Crippen molar-refractivity contribution in [3.05, 3.63) is 81.0 Å². The first kappa shape index (κ1) is 18.1. The van der Waals surface area contributed by atoms with Crippen LogP contribution in [0.1, 0.15) is 17.1 Å². The number of nitrogens with zero attached hydrogens (tertiary/aromatic N) is 4. The molecule has 0 saturated heterocycles. The van der Waals surface area contributed by atoms with E-state index in [0.29, 0.717) is 23.9 Å². The molecule has 0 fully saturated rings. The SMILES string of the molecule is Cn1c(CN2CCc3nc(-c4ccc(Cl)cc4)[nH]c(=O)c3C2)nc2ccccc21. The van der Waals surface area contributed by atoms with Crippen molar-refractivity contribution < 1.29 is 0 Å². The Hall–Kier alpha value is -2.96. The van der Waals surface area contributed by atoms with Gasteiger partial charge in [0, 0.05) is 37.1 Å². The fourth-order valence-corrected chi connectivity index (χ4v) is 4.02. The lowest BCUT2D eigenvalue weighted by atomic mass is 10.1. The van der Waals surface area contributed by atoms with Crippen molar-refractivity contribution in [2.45, 2.75) is 19.5 Å². The molecule has 1 aliphatic heterocycles. The van der Waals surface area contributed by atoms with Gasteiger partial charge in [-0.2, -0.15) is 0 Å². The van der Waals surface area contributed by atoms with Crippen molar-refractivity contribution in [2.24, 2.45) is 7.05 Å². The molecule has 0 bridgehead atoms. The summed E-state index contributed by atoms with van der Waals surface area (Å²) in [6, 6.07) is 15.5. The molecule has 7 heteroatoms. The largest absolute Gasteiger partial charge is 0.330 e. The zero-order chi connectivity index (χ0) is 20.0. The van der Waals surface area contributed by atoms with Gasteiger partial charge in [0.1, 0.15) is 11.6 Å². The van der Waals surface area contributed by atoms with E-state index < -0.39 is 0 Å². The number of fused-ring (bicyclic) bond motifs is 2. The van der Waals surface area contributed by atoms with E-state index in [1.165, 1.54) is 0 Å². The number of nitrogens with one attached hydrogen (secondary N) is 1. The molecule has 6 nitrogen and oxygen atoms in total. The molecule has 0 unspecified atom stereocenters. The van der Waals surface area contributed by atoms with Crippen LogP contribution in [0, 0.1) is 0 Å². The summed E-state index contributed by atoms with van der Waals surface area (Å²) >= 11 is 5.96. The van der Waals surface area contributed by atoms with Crippen molar-refractivity contribution in [3.8, 4) is 11.4 Å². The van der Waals surface area contributed by atoms with E-state index in [9.17, 15) is 4.79 Å². The van der Waals surface area contributed by atoms with Crippen LogP contribution in [0.25, 0.3) is 22.4 Å². The summed E-state index contributed by atoms with van der Waals surface area (Å²) in [6.07, 6.45) is 0.740. The molecule has 1 N–H and O–H groups in total. The Morgan fingerprint density at radius 2 is 1.90 bits per heavy atom. The molecule has 29 heavy (non-hydrogen) atoms. The standard InChI is InChI=1S/C22H20ClN5O/c1-27-19-5-3-2-4-18(19)24-20(27)13-28-11-10-17-16(12-28)22(29)26-21(25-17)14-6-8-15(23)9-7-14/h2-9H,10-13H2,1H3,(H,25,26,29). The Morgan fingerprint density at radius 3 is 2.69 bits per heavy atom. The molecule has 0 atom stereocenters. The minimum absolute atomic E-state index is 0.0744. The summed E-state index contributed by atoms with van der Waals surface area (Å²) in [5.41, 5.74) is 4.51. The van der Waals surface area contributed by atoms with E-state index in [4.69, 9.17) is 21.6 Å². The van der Waals surface area contributed by atoms with E-state index >= 15 is 0 Å². The van der Waals surface area contributed by atoms with Gasteiger partial charge in [0.05, 0.1) is 28.8 Å². The first-order chi connectivity index (χ1) is 14.1. The highest BCUT2D eigenvalue weighted by molar-refractivity contribution is 6.30. The number of rotatable bonds is 3. The lowest BCUT2D eigenvalue weighted by molar-refractivity contribution is 0.234. The Morgan fingerprint density at radius 1 is 1.10 bits per heavy atom. The molecule has 4 aromatic rings. The first-order valence-corrected chi connectivity index (χ1v) is 9.97. The number of aryl methyl sites for hydroxylation is 1. The van der Waals surface area contributed by atoms with E-state index in [0.717, 1.165) is 46.6 Å². The van der Waals surface area contributed by atoms with E-state index in [2.05, 4.69) is 20.5 Å². The monoisotopic (exact) mass is 405 g/mol. The van der Waals surface area contributed by atoms with E-state index in [1.54, 1.807) is 12.1 Å². The normalized spacial score (nSPS) is 14.3. The maximum absolute atomic E-state index is 12.8. The number of para-hydroxylation sites is 2. The van der Waals surface area contributed by atoms with Crippen LogP contribution in [-0.4, -0.2) is 31.0 Å². The molecule has 3 heterocycles. The fraction of sp³-hybridized carbons (Fsp3) is 0.227. The minimum atomic E-state index is -0.0744. The van der Waals surface area contributed by atoms with Crippen LogP contribution in [0.15, 0.2) is 53.3 Å². The van der Waals surface area contributed by atoms with Crippen LogP contribution in [-0.2, 0) is 26.6 Å². The Balaban J connectivity index is 1.41. The van der Waals surface area contributed by atoms with Gasteiger partial charge >= 0.3 is 0 Å². The van der Waals surface area contributed by atoms with Crippen molar-refractivity contribution >= 4 is 22.6 Å². The molecule has 0 radical (unpaired) electrons. The summed E-state index contributed by atoms with van der Waals surface area (Å²) in [4.78, 5) is 27.4. The van der Waals surface area contributed by atoms with Crippen molar-refractivity contribution in [1.29, 1.82) is 0 Å². The van der Waals surface area contributed by atoms with Gasteiger partial charge in [-0.25, -0.2) is 9.97 Å². The third-order valence-corrected chi connectivity index (χ3v) is 5.76. The van der Waals surface area contributed by atoms with Crippen LogP contribution in [0.2, 0.25) is 5.02 Å². The molecule has 5 rings (SSSR count). The molecule has 1 aliphatic rings. The molecule has 2 aromatic carbocycles. The van der Waals surface area contributed by atoms with Gasteiger partial charge in [-0.1, -0.05) is 23.7 Å². The number of aromatic nitrogens is 4. The number of H-pyrrole nitrogens is 1. The predicted octanol–water partition coefficient (Wildman–Crippen LogP) is 3.54. The maximum atomic E-state index is 12.8. The minimum Gasteiger partial charge on any atom is -0.330 e.